The van der Waals surface area contributed by atoms with Crippen LogP contribution in [0, 0.1) is 11.7 Å². The highest BCUT2D eigenvalue weighted by Crippen LogP contribution is 2.42. The first kappa shape index (κ1) is 19.4. The molecule has 3 rings (SSSR count). The molecule has 1 aromatic heterocycles. The van der Waals surface area contributed by atoms with Gasteiger partial charge in [0.25, 0.3) is 0 Å². The van der Waals surface area contributed by atoms with E-state index < -0.39 is 6.04 Å². The predicted octanol–water partition coefficient (Wildman–Crippen LogP) is 3.14. The summed E-state index contributed by atoms with van der Waals surface area (Å²) < 4.78 is 13.7. The Morgan fingerprint density at radius 2 is 2.11 bits per heavy atom. The van der Waals surface area contributed by atoms with Crippen molar-refractivity contribution in [2.45, 2.75) is 31.8 Å². The Balaban J connectivity index is 1.79. The fraction of sp³-hybridized carbons (Fsp3) is 0.350. The van der Waals surface area contributed by atoms with Gasteiger partial charge in [-0.3, -0.25) is 14.6 Å². The van der Waals surface area contributed by atoms with E-state index in [4.69, 9.17) is 0 Å². The number of rotatable bonds is 5. The van der Waals surface area contributed by atoms with Crippen molar-refractivity contribution in [3.8, 4) is 0 Å². The lowest BCUT2D eigenvalue weighted by atomic mass is 10.1. The molecule has 1 saturated heterocycles. The molecule has 0 spiro atoms. The summed E-state index contributed by atoms with van der Waals surface area (Å²) in [5.41, 5.74) is 1.44. The van der Waals surface area contributed by atoms with Crippen LogP contribution >= 0.6 is 11.8 Å². The van der Waals surface area contributed by atoms with Crippen LogP contribution in [0.3, 0.4) is 0 Å². The lowest BCUT2D eigenvalue weighted by Crippen LogP contribution is -2.49. The molecule has 1 aliphatic heterocycles. The maximum Gasteiger partial charge on any atom is 0.244 e. The summed E-state index contributed by atoms with van der Waals surface area (Å²) in [6, 6.07) is 11.1. The second kappa shape index (κ2) is 8.52. The molecule has 2 unspecified atom stereocenters. The van der Waals surface area contributed by atoms with Crippen LogP contribution in [-0.2, 0) is 16.1 Å². The second-order valence-corrected chi connectivity index (χ2v) is 7.81. The lowest BCUT2D eigenvalue weighted by Gasteiger charge is -2.30. The number of aromatic nitrogens is 1. The van der Waals surface area contributed by atoms with Crippen LogP contribution in [0.4, 0.5) is 4.39 Å². The Labute approximate surface area is 162 Å². The molecule has 1 aromatic carbocycles. The minimum atomic E-state index is -0.595. The summed E-state index contributed by atoms with van der Waals surface area (Å²) in [7, 11) is 0. The van der Waals surface area contributed by atoms with E-state index in [1.165, 1.54) is 23.9 Å². The maximum atomic E-state index is 13.7. The molecule has 0 aliphatic carbocycles. The molecule has 1 N–H and O–H groups in total. The van der Waals surface area contributed by atoms with Crippen LogP contribution < -0.4 is 5.32 Å². The van der Waals surface area contributed by atoms with E-state index >= 15 is 0 Å². The number of nitrogens with one attached hydrogen (secondary N) is 1. The van der Waals surface area contributed by atoms with E-state index in [1.54, 1.807) is 37.1 Å². The molecule has 5 nitrogen and oxygen atoms in total. The minimum Gasteiger partial charge on any atom is -0.349 e. The third-order valence-electron chi connectivity index (χ3n) is 4.36. The van der Waals surface area contributed by atoms with Gasteiger partial charge in [-0.2, -0.15) is 0 Å². The van der Waals surface area contributed by atoms with Crippen molar-refractivity contribution in [3.63, 3.8) is 0 Å². The van der Waals surface area contributed by atoms with Gasteiger partial charge < -0.3 is 10.2 Å². The van der Waals surface area contributed by atoms with Crippen molar-refractivity contribution >= 4 is 23.6 Å². The van der Waals surface area contributed by atoms with Gasteiger partial charge in [-0.1, -0.05) is 32.0 Å². The van der Waals surface area contributed by atoms with Crippen molar-refractivity contribution in [2.75, 3.05) is 5.75 Å². The fourth-order valence-corrected chi connectivity index (χ4v) is 4.42. The lowest BCUT2D eigenvalue weighted by molar-refractivity contribution is -0.142. The van der Waals surface area contributed by atoms with Crippen LogP contribution in [0.1, 0.15) is 30.5 Å². The van der Waals surface area contributed by atoms with E-state index in [-0.39, 0.29) is 28.9 Å². The number of carbonyl (C=O) groups is 2. The monoisotopic (exact) mass is 387 g/mol. The standard InChI is InChI=1S/C20H22FN3O2S/c1-13(2)19(26)24-17(18(25)23-11-16-8-3-4-9-22-16)12-27-20(24)14-6-5-7-15(21)10-14/h3-10,13,17,20H,11-12H2,1-2H3,(H,23,25). The highest BCUT2D eigenvalue weighted by atomic mass is 32.2. The van der Waals surface area contributed by atoms with Gasteiger partial charge in [0.15, 0.2) is 0 Å². The zero-order chi connectivity index (χ0) is 19.4. The van der Waals surface area contributed by atoms with Crippen LogP contribution in [0.5, 0.6) is 0 Å². The molecule has 2 heterocycles. The molecule has 142 valence electrons. The first-order valence-electron chi connectivity index (χ1n) is 8.84. The Bertz CT molecular complexity index is 816. The predicted molar refractivity (Wildman–Crippen MR) is 103 cm³/mol. The molecule has 2 atom stereocenters. The van der Waals surface area contributed by atoms with Gasteiger partial charge in [0.05, 0.1) is 12.2 Å². The molecule has 0 radical (unpaired) electrons. The van der Waals surface area contributed by atoms with Gasteiger partial charge in [-0.05, 0) is 29.8 Å². The molecular weight excluding hydrogens is 365 g/mol. The number of amides is 2. The number of benzene rings is 1. The molecule has 27 heavy (non-hydrogen) atoms. The third kappa shape index (κ3) is 4.47. The van der Waals surface area contributed by atoms with Crippen molar-refractivity contribution in [1.29, 1.82) is 0 Å². The molecule has 0 bridgehead atoms. The van der Waals surface area contributed by atoms with Crippen LogP contribution in [0.25, 0.3) is 0 Å². The SMILES string of the molecule is CC(C)C(=O)N1C(C(=O)NCc2ccccn2)CSC1c1cccc(F)c1. The second-order valence-electron chi connectivity index (χ2n) is 6.70. The Morgan fingerprint density at radius 1 is 1.30 bits per heavy atom. The Kier molecular flexibility index (Phi) is 6.11. The van der Waals surface area contributed by atoms with E-state index in [9.17, 15) is 14.0 Å². The number of nitrogens with zero attached hydrogens (tertiary/aromatic N) is 2. The average molecular weight is 387 g/mol. The molecule has 1 fully saturated rings. The Morgan fingerprint density at radius 3 is 2.78 bits per heavy atom. The van der Waals surface area contributed by atoms with Crippen molar-refractivity contribution in [1.82, 2.24) is 15.2 Å². The van der Waals surface area contributed by atoms with E-state index in [1.807, 2.05) is 18.2 Å². The quantitative estimate of drug-likeness (QED) is 0.856. The molecule has 7 heteroatoms. The summed E-state index contributed by atoms with van der Waals surface area (Å²) in [6.07, 6.45) is 1.67. The van der Waals surface area contributed by atoms with Crippen LogP contribution in [0.2, 0.25) is 0 Å². The number of hydrogen-bond acceptors (Lipinski definition) is 4. The Hall–Kier alpha value is -2.41. The smallest absolute Gasteiger partial charge is 0.244 e. The summed E-state index contributed by atoms with van der Waals surface area (Å²) in [5.74, 6) is -0.486. The molecule has 2 aromatic rings. The maximum absolute atomic E-state index is 13.7. The number of halogens is 1. The number of hydrogen-bond donors (Lipinski definition) is 1. The molecule has 0 saturated carbocycles. The van der Waals surface area contributed by atoms with Gasteiger partial charge in [0, 0.05) is 17.9 Å². The van der Waals surface area contributed by atoms with Gasteiger partial charge in [-0.15, -0.1) is 11.8 Å². The van der Waals surface area contributed by atoms with Gasteiger partial charge >= 0.3 is 0 Å². The van der Waals surface area contributed by atoms with Crippen LogP contribution in [0.15, 0.2) is 48.7 Å². The topological polar surface area (TPSA) is 62.3 Å². The number of thioether (sulfide) groups is 1. The highest BCUT2D eigenvalue weighted by molar-refractivity contribution is 7.99. The average Bonchev–Trinajstić information content (AvgIpc) is 3.11. The summed E-state index contributed by atoms with van der Waals surface area (Å²) in [4.78, 5) is 31.4. The summed E-state index contributed by atoms with van der Waals surface area (Å²) >= 11 is 1.48. The molecular formula is C20H22FN3O2S. The molecule has 1 aliphatic rings. The van der Waals surface area contributed by atoms with Crippen molar-refractivity contribution in [3.05, 3.63) is 65.7 Å². The third-order valence-corrected chi connectivity index (χ3v) is 5.68. The van der Waals surface area contributed by atoms with E-state index in [0.29, 0.717) is 17.9 Å². The van der Waals surface area contributed by atoms with Crippen molar-refractivity contribution < 1.29 is 14.0 Å². The van der Waals surface area contributed by atoms with Gasteiger partial charge in [-0.25, -0.2) is 4.39 Å². The minimum absolute atomic E-state index is 0.118. The van der Waals surface area contributed by atoms with Crippen LogP contribution in [-0.4, -0.2) is 33.5 Å². The zero-order valence-electron chi connectivity index (χ0n) is 15.3. The van der Waals surface area contributed by atoms with Gasteiger partial charge in [0.1, 0.15) is 17.2 Å². The first-order chi connectivity index (χ1) is 13.0. The summed E-state index contributed by atoms with van der Waals surface area (Å²) in [6.45, 7) is 3.91. The number of pyridine rings is 1. The zero-order valence-corrected chi connectivity index (χ0v) is 16.1. The molecule has 2 amide bonds. The van der Waals surface area contributed by atoms with Gasteiger partial charge in [0.2, 0.25) is 11.8 Å². The van der Waals surface area contributed by atoms with E-state index in [0.717, 1.165) is 5.69 Å². The largest absolute Gasteiger partial charge is 0.349 e. The van der Waals surface area contributed by atoms with Crippen molar-refractivity contribution in [2.24, 2.45) is 5.92 Å². The van der Waals surface area contributed by atoms with E-state index in [2.05, 4.69) is 10.3 Å². The fourth-order valence-electron chi connectivity index (χ4n) is 2.99. The number of carbonyl (C=O) groups excluding carboxylic acids is 2. The first-order valence-corrected chi connectivity index (χ1v) is 9.89. The highest BCUT2D eigenvalue weighted by Gasteiger charge is 2.42. The summed E-state index contributed by atoms with van der Waals surface area (Å²) in [5, 5.41) is 2.49. The normalized spacial score (nSPS) is 19.3.